The molecule has 0 amide bonds. The summed E-state index contributed by atoms with van der Waals surface area (Å²) in [5.41, 5.74) is 0. The lowest BCUT2D eigenvalue weighted by molar-refractivity contribution is -0.305. The summed E-state index contributed by atoms with van der Waals surface area (Å²) in [6, 6.07) is -0.00921. The molecule has 1 heterocycles. The number of carboxylic acids is 1. The van der Waals surface area contributed by atoms with Gasteiger partial charge in [-0.15, -0.1) is 0 Å². The van der Waals surface area contributed by atoms with Crippen LogP contribution in [0.3, 0.4) is 0 Å². The van der Waals surface area contributed by atoms with E-state index in [4.69, 9.17) is 4.18 Å². The quantitative estimate of drug-likeness (QED) is 0.639. The Morgan fingerprint density at radius 2 is 2.54 bits per heavy atom. The van der Waals surface area contributed by atoms with E-state index in [2.05, 4.69) is 4.99 Å². The smallest absolute Gasteiger partial charge is 0.259 e. The molecular weight excluding hydrogens is 210 g/mol. The maximum atomic E-state index is 10.3. The minimum atomic E-state index is -1.04. The summed E-state index contributed by atoms with van der Waals surface area (Å²) >= 11 is 2.56. The lowest BCUT2D eigenvalue weighted by Crippen LogP contribution is -2.29. The summed E-state index contributed by atoms with van der Waals surface area (Å²) in [5.74, 6) is -1.04. The van der Waals surface area contributed by atoms with Gasteiger partial charge in [0, 0.05) is 23.9 Å². The Balaban J connectivity index is 2.44. The van der Waals surface area contributed by atoms with Gasteiger partial charge >= 0.3 is 0 Å². The van der Waals surface area contributed by atoms with Crippen molar-refractivity contribution in [3.05, 3.63) is 0 Å². The molecule has 0 bridgehead atoms. The molecule has 4 nitrogen and oxygen atoms in total. The molecule has 1 aliphatic heterocycles. The Bertz CT molecular complexity index is 232. The van der Waals surface area contributed by atoms with Crippen LogP contribution in [0.1, 0.15) is 13.3 Å². The number of rotatable bonds is 3. The molecule has 0 saturated heterocycles. The second-order valence-electron chi connectivity index (χ2n) is 2.62. The van der Waals surface area contributed by atoms with E-state index in [-0.39, 0.29) is 17.7 Å². The molecule has 74 valence electrons. The van der Waals surface area contributed by atoms with Crippen molar-refractivity contribution in [1.82, 2.24) is 0 Å². The average Bonchev–Trinajstić information content (AvgIpc) is 2.31. The summed E-state index contributed by atoms with van der Waals surface area (Å²) in [5, 5.41) is 10.9. The van der Waals surface area contributed by atoms with Gasteiger partial charge in [0.25, 0.3) is 5.23 Å². The Kier molecular flexibility index (Phi) is 3.92. The fourth-order valence-corrected chi connectivity index (χ4v) is 2.51. The van der Waals surface area contributed by atoms with Crippen molar-refractivity contribution < 1.29 is 14.1 Å². The summed E-state index contributed by atoms with van der Waals surface area (Å²) in [6.45, 7) is 1.87. The highest BCUT2D eigenvalue weighted by Crippen LogP contribution is 2.30. The van der Waals surface area contributed by atoms with Crippen LogP contribution >= 0.6 is 23.8 Å². The van der Waals surface area contributed by atoms with E-state index in [1.807, 2.05) is 6.92 Å². The van der Waals surface area contributed by atoms with E-state index in [0.717, 1.165) is 0 Å². The average molecular weight is 220 g/mol. The molecule has 0 aromatic carbocycles. The van der Waals surface area contributed by atoms with E-state index < -0.39 is 5.97 Å². The number of aliphatic imine (C=N–C) groups is 1. The second-order valence-corrected chi connectivity index (χ2v) is 4.31. The largest absolute Gasteiger partial charge is 0.550 e. The van der Waals surface area contributed by atoms with Crippen LogP contribution in [-0.4, -0.2) is 28.7 Å². The maximum Gasteiger partial charge on any atom is 0.259 e. The van der Waals surface area contributed by atoms with Crippen LogP contribution in [0.25, 0.3) is 0 Å². The highest BCUT2D eigenvalue weighted by molar-refractivity contribution is 8.15. The Morgan fingerprint density at radius 3 is 3.08 bits per heavy atom. The second kappa shape index (κ2) is 4.76. The molecule has 0 fully saturated rings. The number of carboxylic acid groups (broad SMARTS) is 1. The number of nitrogens with zero attached hydrogens (tertiary/aromatic N) is 1. The normalized spacial score (nSPS) is 27.1. The summed E-state index contributed by atoms with van der Waals surface area (Å²) in [4.78, 5) is 14.5. The molecule has 0 aromatic heterocycles. The zero-order chi connectivity index (χ0) is 9.84. The minimum absolute atomic E-state index is 0.00921. The first-order chi connectivity index (χ1) is 6.13. The van der Waals surface area contributed by atoms with Gasteiger partial charge < -0.3 is 14.1 Å². The first kappa shape index (κ1) is 10.7. The number of thioether (sulfide) groups is 1. The van der Waals surface area contributed by atoms with Gasteiger partial charge in [-0.2, -0.15) is 0 Å². The fraction of sp³-hybridized carbons (Fsp3) is 0.714. The third kappa shape index (κ3) is 3.11. The van der Waals surface area contributed by atoms with Gasteiger partial charge in [-0.05, 0) is 6.92 Å². The zero-order valence-electron chi connectivity index (χ0n) is 7.35. The molecule has 0 N–H and O–H groups in total. The maximum absolute atomic E-state index is 10.3. The van der Waals surface area contributed by atoms with Crippen molar-refractivity contribution in [3.63, 3.8) is 0 Å². The molecular formula is C7H10NO3S2-. The van der Waals surface area contributed by atoms with Gasteiger partial charge in [0.05, 0.1) is 18.1 Å². The van der Waals surface area contributed by atoms with Crippen molar-refractivity contribution in [1.29, 1.82) is 0 Å². The lowest BCUT2D eigenvalue weighted by atomic mass is 10.2. The molecule has 0 radical (unpaired) electrons. The topological polar surface area (TPSA) is 61.7 Å². The van der Waals surface area contributed by atoms with Crippen LogP contribution in [0, 0.1) is 0 Å². The van der Waals surface area contributed by atoms with Crippen LogP contribution in [0.2, 0.25) is 0 Å². The molecule has 0 saturated carbocycles. The Hall–Kier alpha value is -0.360. The van der Waals surface area contributed by atoms with E-state index in [9.17, 15) is 9.90 Å². The van der Waals surface area contributed by atoms with Crippen LogP contribution in [-0.2, 0) is 8.98 Å². The predicted octanol–water partition coefficient (Wildman–Crippen LogP) is 0.281. The van der Waals surface area contributed by atoms with Gasteiger partial charge in [-0.3, -0.25) is 0 Å². The molecule has 2 atom stereocenters. The third-order valence-corrected chi connectivity index (χ3v) is 3.31. The van der Waals surface area contributed by atoms with Crippen molar-refractivity contribution >= 4 is 35.0 Å². The Morgan fingerprint density at radius 1 is 1.85 bits per heavy atom. The van der Waals surface area contributed by atoms with Crippen LogP contribution in [0.15, 0.2) is 4.99 Å². The van der Waals surface area contributed by atoms with Gasteiger partial charge in [-0.1, -0.05) is 11.8 Å². The van der Waals surface area contributed by atoms with Crippen molar-refractivity contribution in [3.8, 4) is 0 Å². The Labute approximate surface area is 85.3 Å². The van der Waals surface area contributed by atoms with Crippen molar-refractivity contribution in [2.45, 2.75) is 24.6 Å². The molecule has 2 unspecified atom stereocenters. The zero-order valence-corrected chi connectivity index (χ0v) is 8.98. The first-order valence-corrected chi connectivity index (χ1v) is 5.81. The predicted molar refractivity (Wildman–Crippen MR) is 52.5 cm³/mol. The number of aliphatic carboxylic acids is 1. The molecule has 1 rings (SSSR count). The van der Waals surface area contributed by atoms with Crippen LogP contribution in [0.5, 0.6) is 0 Å². The molecule has 0 spiro atoms. The summed E-state index contributed by atoms with van der Waals surface area (Å²) in [6.07, 6.45) is 1.82. The van der Waals surface area contributed by atoms with Crippen molar-refractivity contribution in [2.75, 3.05) is 6.26 Å². The van der Waals surface area contributed by atoms with E-state index in [1.54, 1.807) is 6.26 Å². The molecule has 0 aliphatic carbocycles. The highest BCUT2D eigenvalue weighted by Gasteiger charge is 2.28. The number of carbonyl (C=O) groups excluding carboxylic acids is 1. The van der Waals surface area contributed by atoms with Crippen molar-refractivity contribution in [2.24, 2.45) is 4.99 Å². The van der Waals surface area contributed by atoms with Gasteiger partial charge in [0.15, 0.2) is 0 Å². The monoisotopic (exact) mass is 220 g/mol. The van der Waals surface area contributed by atoms with E-state index in [1.165, 1.54) is 23.8 Å². The van der Waals surface area contributed by atoms with Crippen LogP contribution in [0.4, 0.5) is 0 Å². The number of carbonyl (C=O) groups is 1. The lowest BCUT2D eigenvalue weighted by Gasteiger charge is -2.12. The van der Waals surface area contributed by atoms with E-state index in [0.29, 0.717) is 5.23 Å². The molecule has 0 aromatic rings. The summed E-state index contributed by atoms with van der Waals surface area (Å²) in [7, 11) is 0. The van der Waals surface area contributed by atoms with E-state index >= 15 is 0 Å². The standard InChI is InChI=1S/C7H11NO3S2/c1-4-5(3-6(9)10)13-7(8-4)11-12-2/h4-5H,3H2,1-2H3,(H,9,10)/p-1. The SMILES string of the molecule is CSOC1=NC(C)C(CC(=O)[O-])S1. The number of hydrogen-bond acceptors (Lipinski definition) is 6. The highest BCUT2D eigenvalue weighted by atomic mass is 32.2. The van der Waals surface area contributed by atoms with Crippen LogP contribution < -0.4 is 5.11 Å². The number of hydrogen-bond donors (Lipinski definition) is 0. The van der Waals surface area contributed by atoms with Gasteiger partial charge in [0.2, 0.25) is 0 Å². The minimum Gasteiger partial charge on any atom is -0.550 e. The summed E-state index contributed by atoms with van der Waals surface area (Å²) < 4.78 is 5.10. The first-order valence-electron chi connectivity index (χ1n) is 3.78. The van der Waals surface area contributed by atoms with Gasteiger partial charge in [0.1, 0.15) is 0 Å². The third-order valence-electron chi connectivity index (χ3n) is 1.62. The molecule has 13 heavy (non-hydrogen) atoms. The fourth-order valence-electron chi connectivity index (χ4n) is 0.997. The molecule has 6 heteroatoms. The van der Waals surface area contributed by atoms with Gasteiger partial charge in [-0.25, -0.2) is 4.99 Å². The molecule has 1 aliphatic rings.